The molecule has 3 N–H and O–H groups in total. The number of likely N-dealkylation sites (tertiary alicyclic amines) is 1. The van der Waals surface area contributed by atoms with Crippen molar-refractivity contribution >= 4 is 45.1 Å². The Morgan fingerprint density at radius 1 is 1.09 bits per heavy atom. The molecule has 1 aliphatic heterocycles. The summed E-state index contributed by atoms with van der Waals surface area (Å²) in [6.07, 6.45) is 7.12. The molecule has 7 rings (SSSR count). The number of pyridine rings is 1. The van der Waals surface area contributed by atoms with Gasteiger partial charge in [-0.1, -0.05) is 46.3 Å². The number of carbonyl (C=O) groups excluding carboxylic acids is 2. The minimum Gasteiger partial charge on any atom is -0.445 e. The highest BCUT2D eigenvalue weighted by Crippen LogP contribution is 2.58. The molecule has 1 saturated heterocycles. The van der Waals surface area contributed by atoms with E-state index in [1.807, 2.05) is 30.3 Å². The monoisotopic (exact) mass is 655 g/mol. The van der Waals surface area contributed by atoms with Crippen molar-refractivity contribution in [3.8, 4) is 11.3 Å². The average molecular weight is 657 g/mol. The van der Waals surface area contributed by atoms with Gasteiger partial charge in [-0.3, -0.25) is 14.1 Å². The van der Waals surface area contributed by atoms with Gasteiger partial charge in [0.15, 0.2) is 0 Å². The number of amides is 2. The number of nitrogen functional groups attached to an aromatic ring is 1. The van der Waals surface area contributed by atoms with Crippen LogP contribution in [0.1, 0.15) is 47.1 Å². The van der Waals surface area contributed by atoms with E-state index in [2.05, 4.69) is 31.2 Å². The summed E-state index contributed by atoms with van der Waals surface area (Å²) in [5, 5.41) is 2.67. The molecular weight excluding hydrogens is 629 g/mol. The molecule has 2 aliphatic rings. The first kappa shape index (κ1) is 28.0. The summed E-state index contributed by atoms with van der Waals surface area (Å²) in [6, 6.07) is 16.7. The van der Waals surface area contributed by atoms with Gasteiger partial charge in [-0.15, -0.1) is 0 Å². The lowest BCUT2D eigenvalue weighted by Gasteiger charge is -2.23. The molecule has 1 atom stereocenters. The van der Waals surface area contributed by atoms with Crippen molar-refractivity contribution in [1.29, 1.82) is 0 Å². The Labute approximate surface area is 260 Å². The number of nitrogens with one attached hydrogen (secondary N) is 1. The molecule has 0 unspecified atom stereocenters. The third-order valence-corrected chi connectivity index (χ3v) is 8.76. The van der Waals surface area contributed by atoms with Crippen LogP contribution in [0.15, 0.2) is 83.7 Å². The summed E-state index contributed by atoms with van der Waals surface area (Å²) in [5.41, 5.74) is 8.21. The maximum absolute atomic E-state index is 15.7. The van der Waals surface area contributed by atoms with Gasteiger partial charge in [0, 0.05) is 40.7 Å². The average Bonchev–Trinajstić information content (AvgIpc) is 3.50. The van der Waals surface area contributed by atoms with E-state index in [4.69, 9.17) is 15.5 Å². The molecule has 1 aliphatic carbocycles. The summed E-state index contributed by atoms with van der Waals surface area (Å²) >= 11 is 3.34. The van der Waals surface area contributed by atoms with Crippen molar-refractivity contribution in [3.05, 3.63) is 106 Å². The highest BCUT2D eigenvalue weighted by molar-refractivity contribution is 9.10. The van der Waals surface area contributed by atoms with E-state index in [0.29, 0.717) is 30.1 Å². The summed E-state index contributed by atoms with van der Waals surface area (Å²) < 4.78 is 24.0. The van der Waals surface area contributed by atoms with Crippen LogP contribution in [-0.2, 0) is 11.3 Å². The van der Waals surface area contributed by atoms with E-state index in [9.17, 15) is 9.59 Å². The fourth-order valence-electron chi connectivity index (χ4n) is 5.84. The zero-order valence-electron chi connectivity index (χ0n) is 23.4. The Balaban J connectivity index is 1.21. The number of carbonyl (C=O) groups is 2. The highest BCUT2D eigenvalue weighted by Gasteiger charge is 2.55. The number of fused-ring (bicyclic) bond motifs is 1. The van der Waals surface area contributed by atoms with Crippen molar-refractivity contribution in [3.63, 3.8) is 0 Å². The van der Waals surface area contributed by atoms with Crippen LogP contribution in [0.3, 0.4) is 0 Å². The summed E-state index contributed by atoms with van der Waals surface area (Å²) in [4.78, 5) is 41.2. The van der Waals surface area contributed by atoms with Crippen molar-refractivity contribution in [2.45, 2.75) is 31.9 Å². The number of halogens is 2. The number of rotatable bonds is 6. The normalized spacial score (nSPS) is 16.8. The maximum Gasteiger partial charge on any atom is 0.410 e. The third-order valence-electron chi connectivity index (χ3n) is 8.26. The minimum atomic E-state index is -0.654. The number of anilines is 2. The third kappa shape index (κ3) is 5.25. The lowest BCUT2D eigenvalue weighted by molar-refractivity contribution is 0.0897. The van der Waals surface area contributed by atoms with Crippen molar-refractivity contribution in [2.24, 2.45) is 5.41 Å². The van der Waals surface area contributed by atoms with E-state index in [1.165, 1.54) is 12.1 Å². The van der Waals surface area contributed by atoms with Gasteiger partial charge in [-0.05, 0) is 60.6 Å². The minimum absolute atomic E-state index is 0.0183. The first-order valence-corrected chi connectivity index (χ1v) is 14.9. The van der Waals surface area contributed by atoms with E-state index in [0.717, 1.165) is 28.9 Å². The Hall–Kier alpha value is -4.84. The van der Waals surface area contributed by atoms with Gasteiger partial charge in [0.05, 0.1) is 6.04 Å². The zero-order valence-corrected chi connectivity index (χ0v) is 25.0. The molecule has 1 saturated carbocycles. The predicted molar refractivity (Wildman–Crippen MR) is 165 cm³/mol. The Morgan fingerprint density at radius 2 is 1.91 bits per heavy atom. The Kier molecular flexibility index (Phi) is 7.00. The molecule has 0 bridgehead atoms. The van der Waals surface area contributed by atoms with Gasteiger partial charge < -0.3 is 15.8 Å². The second-order valence-electron chi connectivity index (χ2n) is 11.2. The van der Waals surface area contributed by atoms with Crippen LogP contribution >= 0.6 is 15.9 Å². The van der Waals surface area contributed by atoms with Crippen molar-refractivity contribution in [1.82, 2.24) is 24.3 Å². The second-order valence-corrected chi connectivity index (χ2v) is 12.2. The SMILES string of the molecule is Nc1nccn2c([C@@H]3CC4(CC4)CN3C(=O)OCc3ccccc3)nc(-c3ccc(C(=O)Nc4cc(Br)ccn4)cc3F)c12. The fraction of sp³-hybridized carbons (Fsp3) is 0.219. The van der Waals surface area contributed by atoms with Crippen LogP contribution in [0.2, 0.25) is 0 Å². The molecule has 2 aromatic carbocycles. The second kappa shape index (κ2) is 11.0. The van der Waals surface area contributed by atoms with E-state index >= 15 is 4.39 Å². The molecule has 222 valence electrons. The standard InChI is InChI=1S/C32H27BrFN7O3/c33-21-8-11-36-25(15-21)38-30(42)20-6-7-22(23(34)14-20)26-27-28(35)37-12-13-40(27)29(39-26)24-16-32(9-10-32)18-41(24)31(43)44-17-19-4-2-1-3-5-19/h1-8,11-15,24H,9-10,16-18H2,(H2,35,37)(H,36,38,42)/t24-/m0/s1. The van der Waals surface area contributed by atoms with Gasteiger partial charge in [-0.25, -0.2) is 24.1 Å². The maximum atomic E-state index is 15.7. The lowest BCUT2D eigenvalue weighted by Crippen LogP contribution is -2.32. The summed E-state index contributed by atoms with van der Waals surface area (Å²) in [5.74, 6) is -0.122. The van der Waals surface area contributed by atoms with Gasteiger partial charge in [-0.2, -0.15) is 0 Å². The summed E-state index contributed by atoms with van der Waals surface area (Å²) in [6.45, 7) is 0.713. The van der Waals surface area contributed by atoms with Crippen molar-refractivity contribution in [2.75, 3.05) is 17.6 Å². The number of nitrogens with zero attached hydrogens (tertiary/aromatic N) is 5. The van der Waals surface area contributed by atoms with E-state index in [1.54, 1.807) is 40.0 Å². The number of imidazole rings is 1. The Morgan fingerprint density at radius 3 is 2.66 bits per heavy atom. The molecule has 44 heavy (non-hydrogen) atoms. The number of benzene rings is 2. The highest BCUT2D eigenvalue weighted by atomic mass is 79.9. The molecule has 5 aromatic rings. The number of nitrogens with two attached hydrogens (primary N) is 1. The van der Waals surface area contributed by atoms with Crippen LogP contribution < -0.4 is 11.1 Å². The van der Waals surface area contributed by atoms with Gasteiger partial charge in [0.2, 0.25) is 0 Å². The van der Waals surface area contributed by atoms with Crippen LogP contribution in [0.5, 0.6) is 0 Å². The molecule has 10 nitrogen and oxygen atoms in total. The number of hydrogen-bond donors (Lipinski definition) is 2. The molecule has 1 spiro atoms. The topological polar surface area (TPSA) is 128 Å². The molecule has 2 amide bonds. The lowest BCUT2D eigenvalue weighted by atomic mass is 10.0. The van der Waals surface area contributed by atoms with Crippen LogP contribution in [0.25, 0.3) is 16.8 Å². The van der Waals surface area contributed by atoms with Crippen LogP contribution in [0.4, 0.5) is 20.8 Å². The van der Waals surface area contributed by atoms with Gasteiger partial charge >= 0.3 is 6.09 Å². The first-order chi connectivity index (χ1) is 21.3. The zero-order chi connectivity index (χ0) is 30.4. The van der Waals surface area contributed by atoms with Crippen LogP contribution in [0, 0.1) is 11.2 Å². The van der Waals surface area contributed by atoms with Gasteiger partial charge in [0.25, 0.3) is 5.91 Å². The molecular formula is C32H27BrFN7O3. The smallest absolute Gasteiger partial charge is 0.410 e. The summed E-state index contributed by atoms with van der Waals surface area (Å²) in [7, 11) is 0. The van der Waals surface area contributed by atoms with Crippen LogP contribution in [-0.4, -0.2) is 42.8 Å². The van der Waals surface area contributed by atoms with E-state index in [-0.39, 0.29) is 34.7 Å². The number of ether oxygens (including phenoxy) is 1. The van der Waals surface area contributed by atoms with E-state index < -0.39 is 23.9 Å². The Bertz CT molecular complexity index is 1910. The molecule has 3 aromatic heterocycles. The number of hydrogen-bond acceptors (Lipinski definition) is 7. The largest absolute Gasteiger partial charge is 0.445 e. The first-order valence-electron chi connectivity index (χ1n) is 14.1. The van der Waals surface area contributed by atoms with Crippen molar-refractivity contribution < 1.29 is 18.7 Å². The predicted octanol–water partition coefficient (Wildman–Crippen LogP) is 6.39. The molecule has 2 fully saturated rings. The van der Waals surface area contributed by atoms with Gasteiger partial charge in [0.1, 0.15) is 41.1 Å². The fourth-order valence-corrected chi connectivity index (χ4v) is 6.18. The number of aromatic nitrogens is 4. The molecule has 12 heteroatoms. The molecule has 4 heterocycles. The molecule has 0 radical (unpaired) electrons. The quantitative estimate of drug-likeness (QED) is 0.217.